The molecule has 0 saturated carbocycles. The Labute approximate surface area is 200 Å². The highest BCUT2D eigenvalue weighted by Gasteiger charge is 2.11. The molecule has 5 nitrogen and oxygen atoms in total. The molecule has 1 atom stereocenters. The zero-order chi connectivity index (χ0) is 20.4. The summed E-state index contributed by atoms with van der Waals surface area (Å²) in [6, 6.07) is 12.2. The smallest absolute Gasteiger partial charge is 0.191 e. The monoisotopic (exact) mass is 550 g/mol. The van der Waals surface area contributed by atoms with Gasteiger partial charge in [0.1, 0.15) is 6.10 Å². The number of hydrogen-bond donors (Lipinski definition) is 3. The molecule has 0 bridgehead atoms. The van der Waals surface area contributed by atoms with Crippen LogP contribution in [0, 0.1) is 0 Å². The third kappa shape index (κ3) is 9.21. The van der Waals surface area contributed by atoms with Crippen LogP contribution in [0.4, 0.5) is 0 Å². The van der Waals surface area contributed by atoms with Gasteiger partial charge in [-0.1, -0.05) is 49.7 Å². The highest BCUT2D eigenvalue weighted by atomic mass is 127. The number of hydrogen-bond acceptors (Lipinski definition) is 4. The zero-order valence-corrected chi connectivity index (χ0v) is 21.2. The van der Waals surface area contributed by atoms with Crippen molar-refractivity contribution in [3.63, 3.8) is 0 Å². The maximum Gasteiger partial charge on any atom is 0.191 e. The average molecular weight is 551 g/mol. The molecule has 1 heterocycles. The molecule has 3 N–H and O–H groups in total. The molecule has 0 spiro atoms. The van der Waals surface area contributed by atoms with Crippen LogP contribution in [0.2, 0.25) is 4.34 Å². The van der Waals surface area contributed by atoms with E-state index in [1.807, 2.05) is 13.0 Å². The summed E-state index contributed by atoms with van der Waals surface area (Å²) < 4.78 is 0.680. The van der Waals surface area contributed by atoms with E-state index >= 15 is 0 Å². The Morgan fingerprint density at radius 3 is 2.48 bits per heavy atom. The van der Waals surface area contributed by atoms with Crippen molar-refractivity contribution in [2.45, 2.75) is 40.0 Å². The predicted octanol–water partition coefficient (Wildman–Crippen LogP) is 4.65. The molecule has 0 aliphatic heterocycles. The lowest BCUT2D eigenvalue weighted by molar-refractivity contribution is 0.184. The molecule has 0 amide bonds. The maximum atomic E-state index is 10.3. The van der Waals surface area contributed by atoms with E-state index in [1.165, 1.54) is 22.5 Å². The van der Waals surface area contributed by atoms with Gasteiger partial charge in [0.05, 0.1) is 10.9 Å². The summed E-state index contributed by atoms with van der Waals surface area (Å²) in [4.78, 5) is 7.90. The molecule has 1 unspecified atom stereocenters. The lowest BCUT2D eigenvalue weighted by atomic mass is 10.1. The van der Waals surface area contributed by atoms with Gasteiger partial charge >= 0.3 is 0 Å². The third-order valence-corrected chi connectivity index (χ3v) is 5.77. The second-order valence-corrected chi connectivity index (χ2v) is 8.26. The molecule has 0 radical (unpaired) electrons. The summed E-state index contributed by atoms with van der Waals surface area (Å²) in [5.41, 5.74) is 2.48. The molecule has 2 aromatic rings. The normalized spacial score (nSPS) is 12.6. The van der Waals surface area contributed by atoms with Gasteiger partial charge in [0, 0.05) is 24.5 Å². The Bertz CT molecular complexity index is 752. The lowest BCUT2D eigenvalue weighted by Crippen LogP contribution is -2.39. The topological polar surface area (TPSA) is 59.9 Å². The first-order chi connectivity index (χ1) is 13.5. The van der Waals surface area contributed by atoms with Gasteiger partial charge in [-0.3, -0.25) is 4.90 Å². The minimum absolute atomic E-state index is 0. The van der Waals surface area contributed by atoms with Gasteiger partial charge in [-0.25, -0.2) is 4.99 Å². The first-order valence-electron chi connectivity index (χ1n) is 9.81. The molecule has 0 aliphatic carbocycles. The quantitative estimate of drug-likeness (QED) is 0.229. The number of thiophene rings is 1. The summed E-state index contributed by atoms with van der Waals surface area (Å²) >= 11 is 7.34. The lowest BCUT2D eigenvalue weighted by Gasteiger charge is -2.18. The van der Waals surface area contributed by atoms with Gasteiger partial charge in [0.25, 0.3) is 0 Å². The number of aliphatic hydroxyl groups is 1. The fourth-order valence-corrected chi connectivity index (χ4v) is 3.89. The SMILES string of the molecule is CCNC(=NCc1cccc(CN(CC)CC)c1)NCC(O)c1ccc(Cl)s1.I. The zero-order valence-electron chi connectivity index (χ0n) is 17.3. The van der Waals surface area contributed by atoms with Crippen LogP contribution in [-0.2, 0) is 13.1 Å². The molecular weight excluding hydrogens is 519 g/mol. The van der Waals surface area contributed by atoms with Crippen molar-refractivity contribution in [1.82, 2.24) is 15.5 Å². The van der Waals surface area contributed by atoms with Gasteiger partial charge in [-0.2, -0.15) is 0 Å². The van der Waals surface area contributed by atoms with Gasteiger partial charge < -0.3 is 15.7 Å². The fraction of sp³-hybridized carbons (Fsp3) is 0.476. The molecule has 0 fully saturated rings. The van der Waals surface area contributed by atoms with Crippen molar-refractivity contribution >= 4 is 52.9 Å². The number of rotatable bonds is 10. The van der Waals surface area contributed by atoms with Crippen molar-refractivity contribution in [2.24, 2.45) is 4.99 Å². The van der Waals surface area contributed by atoms with E-state index in [9.17, 15) is 5.11 Å². The Morgan fingerprint density at radius 1 is 1.14 bits per heavy atom. The number of benzene rings is 1. The third-order valence-electron chi connectivity index (χ3n) is 4.44. The standard InChI is InChI=1S/C21H31ClN4OS.HI/c1-4-23-21(25-14-18(27)19-10-11-20(22)28-19)24-13-16-8-7-9-17(12-16)15-26(5-2)6-3;/h7-12,18,27H,4-6,13-15H2,1-3H3,(H2,23,24,25);1H. The van der Waals surface area contributed by atoms with Gasteiger partial charge in [0.15, 0.2) is 5.96 Å². The van der Waals surface area contributed by atoms with Gasteiger partial charge in [-0.05, 0) is 43.3 Å². The predicted molar refractivity (Wildman–Crippen MR) is 136 cm³/mol. The van der Waals surface area contributed by atoms with Crippen molar-refractivity contribution in [3.8, 4) is 0 Å². The number of halogens is 2. The first kappa shape index (κ1) is 26.2. The van der Waals surface area contributed by atoms with E-state index in [1.54, 1.807) is 6.07 Å². The van der Waals surface area contributed by atoms with Crippen LogP contribution in [0.15, 0.2) is 41.4 Å². The number of aliphatic hydroxyl groups excluding tert-OH is 1. The fourth-order valence-electron chi connectivity index (χ4n) is 2.85. The molecule has 162 valence electrons. The summed E-state index contributed by atoms with van der Waals surface area (Å²) in [5.74, 6) is 0.693. The molecule has 29 heavy (non-hydrogen) atoms. The average Bonchev–Trinajstić information content (AvgIpc) is 3.14. The van der Waals surface area contributed by atoms with Crippen LogP contribution in [0.1, 0.15) is 42.9 Å². The van der Waals surface area contributed by atoms with E-state index in [0.717, 1.165) is 31.1 Å². The van der Waals surface area contributed by atoms with Crippen LogP contribution in [0.5, 0.6) is 0 Å². The molecular formula is C21H32ClIN4OS. The van der Waals surface area contributed by atoms with E-state index in [2.05, 4.69) is 58.6 Å². The first-order valence-corrected chi connectivity index (χ1v) is 11.0. The van der Waals surface area contributed by atoms with Crippen molar-refractivity contribution in [3.05, 3.63) is 56.7 Å². The summed E-state index contributed by atoms with van der Waals surface area (Å²) in [5, 5.41) is 16.7. The molecule has 8 heteroatoms. The Balaban J connectivity index is 0.00000420. The van der Waals surface area contributed by atoms with Crippen molar-refractivity contribution in [1.29, 1.82) is 0 Å². The molecule has 0 saturated heterocycles. The van der Waals surface area contributed by atoms with Crippen LogP contribution >= 0.6 is 46.9 Å². The van der Waals surface area contributed by atoms with Gasteiger partial charge in [0.2, 0.25) is 0 Å². The second-order valence-electron chi connectivity index (χ2n) is 6.52. The Hall–Kier alpha value is -0.870. The van der Waals surface area contributed by atoms with E-state index < -0.39 is 6.10 Å². The van der Waals surface area contributed by atoms with Crippen molar-refractivity contribution in [2.75, 3.05) is 26.2 Å². The summed E-state index contributed by atoms with van der Waals surface area (Å²) in [6.45, 7) is 11.2. The second kappa shape index (κ2) is 14.2. The van der Waals surface area contributed by atoms with Crippen LogP contribution in [0.25, 0.3) is 0 Å². The number of guanidine groups is 1. The highest BCUT2D eigenvalue weighted by Crippen LogP contribution is 2.26. The maximum absolute atomic E-state index is 10.3. The van der Waals surface area contributed by atoms with Crippen LogP contribution in [-0.4, -0.2) is 42.1 Å². The summed E-state index contributed by atoms with van der Waals surface area (Å²) in [6.07, 6.45) is -0.612. The van der Waals surface area contributed by atoms with E-state index in [4.69, 9.17) is 11.6 Å². The highest BCUT2D eigenvalue weighted by molar-refractivity contribution is 14.0. The largest absolute Gasteiger partial charge is 0.386 e. The number of aliphatic imine (C=N–C) groups is 1. The molecule has 1 aromatic heterocycles. The number of nitrogens with zero attached hydrogens (tertiary/aromatic N) is 2. The Morgan fingerprint density at radius 2 is 1.86 bits per heavy atom. The van der Waals surface area contributed by atoms with E-state index in [0.29, 0.717) is 23.4 Å². The minimum atomic E-state index is -0.612. The van der Waals surface area contributed by atoms with Gasteiger partial charge in [-0.15, -0.1) is 35.3 Å². The molecule has 2 rings (SSSR count). The molecule has 1 aromatic carbocycles. The summed E-state index contributed by atoms with van der Waals surface area (Å²) in [7, 11) is 0. The Kier molecular flexibility index (Phi) is 12.8. The van der Waals surface area contributed by atoms with E-state index in [-0.39, 0.29) is 24.0 Å². The van der Waals surface area contributed by atoms with Crippen LogP contribution in [0.3, 0.4) is 0 Å². The van der Waals surface area contributed by atoms with Crippen LogP contribution < -0.4 is 10.6 Å². The van der Waals surface area contributed by atoms with Crippen molar-refractivity contribution < 1.29 is 5.11 Å². The number of nitrogens with one attached hydrogen (secondary N) is 2. The molecule has 0 aliphatic rings. The minimum Gasteiger partial charge on any atom is -0.386 e.